The standard InChI is InChI=1S/C12H20BrN3O/c1-6-12(4,5)14-10(17)7-16-9(3)11(13)8(2)15-16/h6-7H2,1-5H3,(H,14,17). The molecule has 1 heterocycles. The molecule has 1 amide bonds. The summed E-state index contributed by atoms with van der Waals surface area (Å²) in [5.74, 6) is -0.00468. The lowest BCUT2D eigenvalue weighted by atomic mass is 10.0. The summed E-state index contributed by atoms with van der Waals surface area (Å²) in [5, 5.41) is 7.31. The van der Waals surface area contributed by atoms with E-state index in [1.165, 1.54) is 0 Å². The van der Waals surface area contributed by atoms with Crippen molar-refractivity contribution in [3.05, 3.63) is 15.9 Å². The molecule has 0 aromatic carbocycles. The molecule has 0 saturated carbocycles. The van der Waals surface area contributed by atoms with Gasteiger partial charge in [-0.25, -0.2) is 0 Å². The molecule has 0 atom stereocenters. The predicted molar refractivity (Wildman–Crippen MR) is 71.9 cm³/mol. The molecule has 0 aliphatic carbocycles. The molecule has 0 unspecified atom stereocenters. The van der Waals surface area contributed by atoms with Crippen LogP contribution in [0.4, 0.5) is 0 Å². The molecule has 0 radical (unpaired) electrons. The third-order valence-corrected chi connectivity index (χ3v) is 4.10. The number of hydrogen-bond acceptors (Lipinski definition) is 2. The van der Waals surface area contributed by atoms with Gasteiger partial charge < -0.3 is 5.32 Å². The van der Waals surface area contributed by atoms with Crippen LogP contribution in [0.25, 0.3) is 0 Å². The molecule has 1 aromatic heterocycles. The van der Waals surface area contributed by atoms with Gasteiger partial charge in [0.2, 0.25) is 5.91 Å². The maximum atomic E-state index is 11.9. The average molecular weight is 302 g/mol. The third-order valence-electron chi connectivity index (χ3n) is 2.95. The summed E-state index contributed by atoms with van der Waals surface area (Å²) in [4.78, 5) is 11.9. The second-order valence-corrected chi connectivity index (χ2v) is 5.72. The van der Waals surface area contributed by atoms with Gasteiger partial charge in [0.25, 0.3) is 0 Å². The summed E-state index contributed by atoms with van der Waals surface area (Å²) in [6, 6.07) is 0. The first kappa shape index (κ1) is 14.2. The van der Waals surface area contributed by atoms with E-state index in [-0.39, 0.29) is 18.0 Å². The van der Waals surface area contributed by atoms with Gasteiger partial charge in [0.15, 0.2) is 0 Å². The van der Waals surface area contributed by atoms with Gasteiger partial charge in [-0.05, 0) is 50.0 Å². The van der Waals surface area contributed by atoms with Gasteiger partial charge >= 0.3 is 0 Å². The minimum Gasteiger partial charge on any atom is -0.350 e. The Hall–Kier alpha value is -0.840. The minimum absolute atomic E-state index is 0.00468. The Kier molecular flexibility index (Phi) is 4.36. The zero-order valence-electron chi connectivity index (χ0n) is 11.1. The first-order valence-corrected chi connectivity index (χ1v) is 6.56. The van der Waals surface area contributed by atoms with Crippen LogP contribution in [-0.4, -0.2) is 21.2 Å². The molecular formula is C12H20BrN3O. The number of carbonyl (C=O) groups is 1. The second kappa shape index (κ2) is 5.21. The second-order valence-electron chi connectivity index (χ2n) is 4.93. The lowest BCUT2D eigenvalue weighted by Gasteiger charge is -2.24. The molecule has 1 rings (SSSR count). The first-order chi connectivity index (χ1) is 7.76. The van der Waals surface area contributed by atoms with Crippen LogP contribution in [0.5, 0.6) is 0 Å². The van der Waals surface area contributed by atoms with Gasteiger partial charge in [-0.1, -0.05) is 6.92 Å². The quantitative estimate of drug-likeness (QED) is 0.929. The summed E-state index contributed by atoms with van der Waals surface area (Å²) in [7, 11) is 0. The Morgan fingerprint density at radius 3 is 2.47 bits per heavy atom. The fraction of sp³-hybridized carbons (Fsp3) is 0.667. The number of aryl methyl sites for hydroxylation is 1. The van der Waals surface area contributed by atoms with Crippen molar-refractivity contribution in [3.63, 3.8) is 0 Å². The number of halogens is 1. The van der Waals surface area contributed by atoms with Crippen LogP contribution in [-0.2, 0) is 11.3 Å². The number of aromatic nitrogens is 2. The lowest BCUT2D eigenvalue weighted by molar-refractivity contribution is -0.123. The van der Waals surface area contributed by atoms with Crippen molar-refractivity contribution in [3.8, 4) is 0 Å². The summed E-state index contributed by atoms with van der Waals surface area (Å²) < 4.78 is 2.69. The molecule has 0 bridgehead atoms. The van der Waals surface area contributed by atoms with E-state index in [0.29, 0.717) is 0 Å². The summed E-state index contributed by atoms with van der Waals surface area (Å²) in [6.07, 6.45) is 0.902. The number of hydrogen-bond donors (Lipinski definition) is 1. The van der Waals surface area contributed by atoms with Crippen LogP contribution < -0.4 is 5.32 Å². The average Bonchev–Trinajstić information content (AvgIpc) is 2.45. The Labute approximate surface area is 111 Å². The van der Waals surface area contributed by atoms with E-state index in [2.05, 4.69) is 33.3 Å². The molecule has 0 fully saturated rings. The van der Waals surface area contributed by atoms with Crippen LogP contribution in [0.15, 0.2) is 4.47 Å². The molecule has 0 aliphatic heterocycles. The molecule has 0 aliphatic rings. The Morgan fingerprint density at radius 2 is 2.06 bits per heavy atom. The van der Waals surface area contributed by atoms with Crippen LogP contribution in [0, 0.1) is 13.8 Å². The Balaban J connectivity index is 2.72. The molecule has 0 spiro atoms. The van der Waals surface area contributed by atoms with Crippen molar-refractivity contribution in [1.82, 2.24) is 15.1 Å². The highest BCUT2D eigenvalue weighted by atomic mass is 79.9. The van der Waals surface area contributed by atoms with E-state index in [4.69, 9.17) is 0 Å². The molecule has 4 nitrogen and oxygen atoms in total. The molecule has 17 heavy (non-hydrogen) atoms. The van der Waals surface area contributed by atoms with Gasteiger partial charge in [-0.3, -0.25) is 9.48 Å². The molecular weight excluding hydrogens is 282 g/mol. The molecule has 0 saturated heterocycles. The van der Waals surface area contributed by atoms with Crippen molar-refractivity contribution in [2.75, 3.05) is 0 Å². The zero-order chi connectivity index (χ0) is 13.2. The van der Waals surface area contributed by atoms with Crippen LogP contribution in [0.2, 0.25) is 0 Å². The van der Waals surface area contributed by atoms with E-state index in [0.717, 1.165) is 22.3 Å². The number of amides is 1. The Bertz CT molecular complexity index is 424. The normalized spacial score (nSPS) is 11.6. The highest BCUT2D eigenvalue weighted by molar-refractivity contribution is 9.10. The van der Waals surface area contributed by atoms with Gasteiger partial charge in [-0.2, -0.15) is 5.10 Å². The number of nitrogens with zero attached hydrogens (tertiary/aromatic N) is 2. The maximum Gasteiger partial charge on any atom is 0.242 e. The van der Waals surface area contributed by atoms with Gasteiger partial charge in [0, 0.05) is 5.54 Å². The Morgan fingerprint density at radius 1 is 1.47 bits per heavy atom. The zero-order valence-corrected chi connectivity index (χ0v) is 12.7. The monoisotopic (exact) mass is 301 g/mol. The summed E-state index contributed by atoms with van der Waals surface area (Å²) in [5.41, 5.74) is 1.72. The van der Waals surface area contributed by atoms with E-state index in [9.17, 15) is 4.79 Å². The van der Waals surface area contributed by atoms with E-state index in [1.54, 1.807) is 4.68 Å². The molecule has 96 valence electrons. The smallest absolute Gasteiger partial charge is 0.242 e. The summed E-state index contributed by atoms with van der Waals surface area (Å²) >= 11 is 3.45. The topological polar surface area (TPSA) is 46.9 Å². The number of rotatable bonds is 4. The number of carbonyl (C=O) groups excluding carboxylic acids is 1. The molecule has 5 heteroatoms. The highest BCUT2D eigenvalue weighted by Gasteiger charge is 2.19. The third kappa shape index (κ3) is 3.56. The maximum absolute atomic E-state index is 11.9. The molecule has 1 aromatic rings. The van der Waals surface area contributed by atoms with Crippen LogP contribution in [0.3, 0.4) is 0 Å². The van der Waals surface area contributed by atoms with Crippen molar-refractivity contribution >= 4 is 21.8 Å². The SMILES string of the molecule is CCC(C)(C)NC(=O)Cn1nc(C)c(Br)c1C. The fourth-order valence-corrected chi connectivity index (χ4v) is 1.75. The predicted octanol–water partition coefficient (Wildman–Crippen LogP) is 2.57. The largest absolute Gasteiger partial charge is 0.350 e. The van der Waals surface area contributed by atoms with Crippen LogP contribution >= 0.6 is 15.9 Å². The van der Waals surface area contributed by atoms with E-state index >= 15 is 0 Å². The highest BCUT2D eigenvalue weighted by Crippen LogP contribution is 2.19. The fourth-order valence-electron chi connectivity index (χ4n) is 1.47. The summed E-state index contributed by atoms with van der Waals surface area (Å²) in [6.45, 7) is 10.2. The van der Waals surface area contributed by atoms with Crippen molar-refractivity contribution in [2.45, 2.75) is 53.1 Å². The minimum atomic E-state index is -0.162. The van der Waals surface area contributed by atoms with Crippen molar-refractivity contribution < 1.29 is 4.79 Å². The van der Waals surface area contributed by atoms with Gasteiger partial charge in [0.1, 0.15) is 6.54 Å². The van der Waals surface area contributed by atoms with Crippen molar-refractivity contribution in [1.29, 1.82) is 0 Å². The van der Waals surface area contributed by atoms with Gasteiger partial charge in [0.05, 0.1) is 15.9 Å². The number of nitrogens with one attached hydrogen (secondary N) is 1. The van der Waals surface area contributed by atoms with E-state index < -0.39 is 0 Å². The lowest BCUT2D eigenvalue weighted by Crippen LogP contribution is -2.44. The first-order valence-electron chi connectivity index (χ1n) is 5.77. The van der Waals surface area contributed by atoms with Crippen molar-refractivity contribution in [2.24, 2.45) is 0 Å². The van der Waals surface area contributed by atoms with Gasteiger partial charge in [-0.15, -0.1) is 0 Å². The molecule has 1 N–H and O–H groups in total. The van der Waals surface area contributed by atoms with E-state index in [1.807, 2.05) is 27.7 Å². The van der Waals surface area contributed by atoms with Crippen LogP contribution in [0.1, 0.15) is 38.6 Å².